The Balaban J connectivity index is 1.76. The monoisotopic (exact) mass is 239 g/mol. The minimum Gasteiger partial charge on any atom is -0.378 e. The van der Waals surface area contributed by atoms with E-state index in [2.05, 4.69) is 33.0 Å². The van der Waals surface area contributed by atoms with Crippen LogP contribution in [0.2, 0.25) is 0 Å². The van der Waals surface area contributed by atoms with E-state index in [1.54, 1.807) is 0 Å². The average Bonchev–Trinajstić information content (AvgIpc) is 2.62. The third-order valence-electron chi connectivity index (χ3n) is 4.87. The zero-order valence-corrected chi connectivity index (χ0v) is 12.0. The highest BCUT2D eigenvalue weighted by Gasteiger charge is 2.33. The van der Waals surface area contributed by atoms with Crippen LogP contribution in [-0.2, 0) is 4.74 Å². The molecule has 1 saturated carbocycles. The Morgan fingerprint density at radius 2 is 2.00 bits per heavy atom. The first kappa shape index (κ1) is 13.4. The van der Waals surface area contributed by atoms with Crippen molar-refractivity contribution in [2.45, 2.75) is 65.5 Å². The average molecular weight is 239 g/mol. The van der Waals surface area contributed by atoms with Crippen molar-refractivity contribution in [1.29, 1.82) is 0 Å². The van der Waals surface area contributed by atoms with E-state index in [9.17, 15) is 0 Å². The van der Waals surface area contributed by atoms with Crippen molar-refractivity contribution in [2.75, 3.05) is 13.2 Å². The van der Waals surface area contributed by atoms with Crippen LogP contribution in [-0.4, -0.2) is 25.3 Å². The van der Waals surface area contributed by atoms with Gasteiger partial charge in [0.15, 0.2) is 0 Å². The van der Waals surface area contributed by atoms with E-state index >= 15 is 0 Å². The van der Waals surface area contributed by atoms with Gasteiger partial charge >= 0.3 is 0 Å². The van der Waals surface area contributed by atoms with Crippen LogP contribution in [0.1, 0.15) is 53.4 Å². The molecule has 17 heavy (non-hydrogen) atoms. The molecule has 4 atom stereocenters. The molecule has 0 aromatic carbocycles. The summed E-state index contributed by atoms with van der Waals surface area (Å²) in [5.41, 5.74) is 0.557. The fraction of sp³-hybridized carbons (Fsp3) is 1.00. The van der Waals surface area contributed by atoms with Crippen LogP contribution in [0.15, 0.2) is 0 Å². The fourth-order valence-corrected chi connectivity index (χ4v) is 3.60. The summed E-state index contributed by atoms with van der Waals surface area (Å²) in [5, 5.41) is 3.80. The molecule has 0 aromatic rings. The third-order valence-corrected chi connectivity index (χ3v) is 4.87. The van der Waals surface area contributed by atoms with E-state index in [1.807, 2.05) is 0 Å². The Kier molecular flexibility index (Phi) is 4.14. The number of hydrogen-bond donors (Lipinski definition) is 1. The number of rotatable bonds is 3. The van der Waals surface area contributed by atoms with Crippen LogP contribution >= 0.6 is 0 Å². The summed E-state index contributed by atoms with van der Waals surface area (Å²) in [7, 11) is 0. The topological polar surface area (TPSA) is 21.3 Å². The minimum absolute atomic E-state index is 0.456. The summed E-state index contributed by atoms with van der Waals surface area (Å²) in [4.78, 5) is 0. The van der Waals surface area contributed by atoms with E-state index < -0.39 is 0 Å². The van der Waals surface area contributed by atoms with E-state index in [0.29, 0.717) is 11.5 Å². The molecule has 2 nitrogen and oxygen atoms in total. The lowest BCUT2D eigenvalue weighted by molar-refractivity contribution is 0.0995. The molecule has 1 heterocycles. The SMILES string of the molecule is CC1CC(C)(C)CCC1NCC1CCOC1C. The lowest BCUT2D eigenvalue weighted by Gasteiger charge is -2.40. The molecular weight excluding hydrogens is 210 g/mol. The van der Waals surface area contributed by atoms with Gasteiger partial charge in [-0.2, -0.15) is 0 Å². The molecule has 0 aromatic heterocycles. The van der Waals surface area contributed by atoms with Gasteiger partial charge in [-0.05, 0) is 49.9 Å². The number of hydrogen-bond acceptors (Lipinski definition) is 2. The van der Waals surface area contributed by atoms with Gasteiger partial charge in [0.1, 0.15) is 0 Å². The van der Waals surface area contributed by atoms with Gasteiger partial charge in [-0.25, -0.2) is 0 Å². The van der Waals surface area contributed by atoms with Gasteiger partial charge in [0.05, 0.1) is 6.10 Å². The molecule has 1 aliphatic carbocycles. The number of ether oxygens (including phenoxy) is 1. The van der Waals surface area contributed by atoms with Gasteiger partial charge < -0.3 is 10.1 Å². The molecule has 4 unspecified atom stereocenters. The van der Waals surface area contributed by atoms with Crippen molar-refractivity contribution >= 4 is 0 Å². The van der Waals surface area contributed by atoms with Crippen LogP contribution in [0.3, 0.4) is 0 Å². The molecule has 2 rings (SSSR count). The molecule has 0 spiro atoms. The molecule has 0 radical (unpaired) electrons. The van der Waals surface area contributed by atoms with Gasteiger partial charge in [0.2, 0.25) is 0 Å². The predicted molar refractivity (Wildman–Crippen MR) is 72.1 cm³/mol. The van der Waals surface area contributed by atoms with Gasteiger partial charge in [-0.1, -0.05) is 20.8 Å². The molecule has 1 N–H and O–H groups in total. The highest BCUT2D eigenvalue weighted by molar-refractivity contribution is 4.88. The first-order valence-corrected chi connectivity index (χ1v) is 7.33. The van der Waals surface area contributed by atoms with E-state index in [1.165, 1.54) is 25.7 Å². The van der Waals surface area contributed by atoms with E-state index in [0.717, 1.165) is 31.0 Å². The second-order valence-corrected chi connectivity index (χ2v) is 7.02. The predicted octanol–water partition coefficient (Wildman–Crippen LogP) is 3.22. The largest absolute Gasteiger partial charge is 0.378 e. The van der Waals surface area contributed by atoms with Crippen molar-refractivity contribution < 1.29 is 4.74 Å². The summed E-state index contributed by atoms with van der Waals surface area (Å²) in [5.74, 6) is 1.55. The molecule has 2 heteroatoms. The summed E-state index contributed by atoms with van der Waals surface area (Å²) in [6, 6.07) is 0.732. The first-order chi connectivity index (χ1) is 7.98. The summed E-state index contributed by atoms with van der Waals surface area (Å²) in [6.45, 7) is 11.6. The minimum atomic E-state index is 0.456. The second kappa shape index (κ2) is 5.27. The zero-order chi connectivity index (χ0) is 12.5. The summed E-state index contributed by atoms with van der Waals surface area (Å²) < 4.78 is 5.63. The second-order valence-electron chi connectivity index (χ2n) is 7.02. The molecule has 0 amide bonds. The third kappa shape index (κ3) is 3.45. The van der Waals surface area contributed by atoms with Crippen LogP contribution in [0.5, 0.6) is 0 Å². The van der Waals surface area contributed by atoms with Gasteiger partial charge in [0, 0.05) is 19.2 Å². The quantitative estimate of drug-likeness (QED) is 0.816. The molecule has 1 aliphatic heterocycles. The molecule has 2 aliphatic rings. The van der Waals surface area contributed by atoms with Gasteiger partial charge in [-0.3, -0.25) is 0 Å². The Bertz CT molecular complexity index is 251. The Morgan fingerprint density at radius 3 is 2.59 bits per heavy atom. The maximum Gasteiger partial charge on any atom is 0.0588 e. The van der Waals surface area contributed by atoms with Crippen LogP contribution in [0.4, 0.5) is 0 Å². The number of nitrogens with one attached hydrogen (secondary N) is 1. The van der Waals surface area contributed by atoms with Crippen LogP contribution in [0.25, 0.3) is 0 Å². The van der Waals surface area contributed by atoms with Gasteiger partial charge in [-0.15, -0.1) is 0 Å². The van der Waals surface area contributed by atoms with E-state index in [4.69, 9.17) is 4.74 Å². The maximum atomic E-state index is 5.63. The fourth-order valence-electron chi connectivity index (χ4n) is 3.60. The molecular formula is C15H29NO. The first-order valence-electron chi connectivity index (χ1n) is 7.33. The van der Waals surface area contributed by atoms with Gasteiger partial charge in [0.25, 0.3) is 0 Å². The lowest BCUT2D eigenvalue weighted by atomic mass is 9.70. The Labute approximate surface area is 107 Å². The standard InChI is InChI=1S/C15H29NO/c1-11-9-15(3,4)7-5-14(11)16-10-13-6-8-17-12(13)2/h11-14,16H,5-10H2,1-4H3. The van der Waals surface area contributed by atoms with E-state index in [-0.39, 0.29) is 0 Å². The van der Waals surface area contributed by atoms with Crippen molar-refractivity contribution in [2.24, 2.45) is 17.3 Å². The Morgan fingerprint density at radius 1 is 1.24 bits per heavy atom. The highest BCUT2D eigenvalue weighted by Crippen LogP contribution is 2.38. The lowest BCUT2D eigenvalue weighted by Crippen LogP contribution is -2.44. The molecule has 0 bridgehead atoms. The maximum absolute atomic E-state index is 5.63. The molecule has 2 fully saturated rings. The molecule has 100 valence electrons. The van der Waals surface area contributed by atoms with Crippen molar-refractivity contribution in [3.8, 4) is 0 Å². The molecule has 1 saturated heterocycles. The van der Waals surface area contributed by atoms with Crippen LogP contribution in [0, 0.1) is 17.3 Å². The smallest absolute Gasteiger partial charge is 0.0588 e. The normalized spacial score (nSPS) is 41.6. The zero-order valence-electron chi connectivity index (χ0n) is 12.0. The summed E-state index contributed by atoms with van der Waals surface area (Å²) >= 11 is 0. The van der Waals surface area contributed by atoms with Crippen LogP contribution < -0.4 is 5.32 Å². The Hall–Kier alpha value is -0.0800. The highest BCUT2D eigenvalue weighted by atomic mass is 16.5. The van der Waals surface area contributed by atoms with Crippen molar-refractivity contribution in [3.05, 3.63) is 0 Å². The summed E-state index contributed by atoms with van der Waals surface area (Å²) in [6.07, 6.45) is 5.77. The van der Waals surface area contributed by atoms with Crippen molar-refractivity contribution in [1.82, 2.24) is 5.32 Å². The van der Waals surface area contributed by atoms with Crippen molar-refractivity contribution in [3.63, 3.8) is 0 Å².